The number of para-hydroxylation sites is 2. The fourth-order valence-corrected chi connectivity index (χ4v) is 10.7. The van der Waals surface area contributed by atoms with Crippen molar-refractivity contribution in [2.45, 2.75) is 0 Å². The lowest BCUT2D eigenvalue weighted by molar-refractivity contribution is 1.18. The van der Waals surface area contributed by atoms with Crippen LogP contribution in [0.25, 0.3) is 138 Å². The molecule has 3 heteroatoms. The predicted molar refractivity (Wildman–Crippen MR) is 299 cm³/mol. The van der Waals surface area contributed by atoms with Crippen molar-refractivity contribution in [3.05, 3.63) is 261 Å². The standard InChI is InChI=1S/C68H43N3/c1-3-15-44(16-4-1)63-40-58(42-65(69-63)52-29-27-50-31-46-19-7-9-21-48(46)33-54(50)35-52)56-37-57(39-60(38-56)71-67-25-13-11-23-61(67)62-24-12-14-26-68(62)71)59-41-64(45-17-5-2-6-18-45)70-66(43-59)53-30-28-51-32-47-20-8-10-22-49(47)34-55(51)36-53/h1-43H. The van der Waals surface area contributed by atoms with Crippen LogP contribution in [0.3, 0.4) is 0 Å². The Hall–Kier alpha value is -9.44. The van der Waals surface area contributed by atoms with Gasteiger partial charge in [-0.2, -0.15) is 0 Å². The van der Waals surface area contributed by atoms with E-state index in [1.165, 1.54) is 53.9 Å². The van der Waals surface area contributed by atoms with Crippen LogP contribution in [-0.2, 0) is 0 Å². The maximum atomic E-state index is 5.42. The van der Waals surface area contributed by atoms with Crippen LogP contribution in [0.15, 0.2) is 261 Å². The molecule has 0 spiro atoms. The number of pyridine rings is 2. The second-order valence-corrected chi connectivity index (χ2v) is 18.6. The lowest BCUT2D eigenvalue weighted by Gasteiger charge is -2.17. The van der Waals surface area contributed by atoms with E-state index in [0.717, 1.165) is 84.0 Å². The number of aromatic nitrogens is 3. The van der Waals surface area contributed by atoms with E-state index in [0.29, 0.717) is 0 Å². The minimum Gasteiger partial charge on any atom is -0.309 e. The van der Waals surface area contributed by atoms with E-state index in [9.17, 15) is 0 Å². The van der Waals surface area contributed by atoms with Crippen LogP contribution in [0.2, 0.25) is 0 Å². The summed E-state index contributed by atoms with van der Waals surface area (Å²) < 4.78 is 2.43. The quantitative estimate of drug-likeness (QED) is 0.149. The second-order valence-electron chi connectivity index (χ2n) is 18.6. The largest absolute Gasteiger partial charge is 0.309 e. The van der Waals surface area contributed by atoms with Gasteiger partial charge in [-0.3, -0.25) is 0 Å². The molecular weight excluding hydrogens is 859 g/mol. The second kappa shape index (κ2) is 16.7. The zero-order chi connectivity index (χ0) is 46.8. The van der Waals surface area contributed by atoms with Crippen molar-refractivity contribution in [2.24, 2.45) is 0 Å². The minimum absolute atomic E-state index is 0.918. The molecule has 3 nitrogen and oxygen atoms in total. The monoisotopic (exact) mass is 901 g/mol. The number of hydrogen-bond donors (Lipinski definition) is 0. The molecule has 0 radical (unpaired) electrons. The van der Waals surface area contributed by atoms with Gasteiger partial charge in [0.1, 0.15) is 0 Å². The van der Waals surface area contributed by atoms with Gasteiger partial charge >= 0.3 is 0 Å². The molecule has 330 valence electrons. The highest BCUT2D eigenvalue weighted by Gasteiger charge is 2.18. The first kappa shape index (κ1) is 40.6. The molecule has 0 N–H and O–H groups in total. The third kappa shape index (κ3) is 7.31. The highest BCUT2D eigenvalue weighted by Crippen LogP contribution is 2.40. The molecule has 0 saturated carbocycles. The van der Waals surface area contributed by atoms with Gasteiger partial charge in [-0.15, -0.1) is 0 Å². The molecular formula is C68H43N3. The molecule has 71 heavy (non-hydrogen) atoms. The van der Waals surface area contributed by atoms with Crippen LogP contribution < -0.4 is 0 Å². The van der Waals surface area contributed by atoms with Gasteiger partial charge in [0, 0.05) is 38.7 Å². The zero-order valence-electron chi connectivity index (χ0n) is 38.7. The normalized spacial score (nSPS) is 11.7. The Morgan fingerprint density at radius 1 is 0.211 bits per heavy atom. The summed E-state index contributed by atoms with van der Waals surface area (Å²) in [5.74, 6) is 0. The average Bonchev–Trinajstić information content (AvgIpc) is 3.78. The molecule has 0 aliphatic carbocycles. The van der Waals surface area contributed by atoms with Crippen molar-refractivity contribution in [1.29, 1.82) is 0 Å². The Morgan fingerprint density at radius 3 is 0.986 bits per heavy atom. The first-order valence-corrected chi connectivity index (χ1v) is 24.3. The molecule has 0 fully saturated rings. The topological polar surface area (TPSA) is 30.7 Å². The Balaban J connectivity index is 1.01. The summed E-state index contributed by atoms with van der Waals surface area (Å²) >= 11 is 0. The van der Waals surface area contributed by atoms with Gasteiger partial charge in [0.05, 0.1) is 33.8 Å². The van der Waals surface area contributed by atoms with Crippen molar-refractivity contribution in [1.82, 2.24) is 14.5 Å². The van der Waals surface area contributed by atoms with Gasteiger partial charge in [-0.05, 0) is 156 Å². The molecule has 14 rings (SSSR count). The Morgan fingerprint density at radius 2 is 0.549 bits per heavy atom. The maximum Gasteiger partial charge on any atom is 0.0715 e. The maximum absolute atomic E-state index is 5.42. The Labute approximate surface area is 411 Å². The SMILES string of the molecule is c1ccc(-c2cc(-c3cc(-c4cc(-c5ccccc5)nc(-c5ccc6cc7ccccc7cc6c5)c4)cc(-n4c5ccccc5c5ccccc54)c3)cc(-c3ccc4cc5ccccc5cc4c3)n2)cc1. The van der Waals surface area contributed by atoms with Crippen molar-refractivity contribution < 1.29 is 0 Å². The highest BCUT2D eigenvalue weighted by molar-refractivity contribution is 6.09. The van der Waals surface area contributed by atoms with E-state index in [1.807, 2.05) is 0 Å². The van der Waals surface area contributed by atoms with Crippen molar-refractivity contribution in [3.63, 3.8) is 0 Å². The van der Waals surface area contributed by atoms with Gasteiger partial charge in [-0.1, -0.05) is 170 Å². The fourth-order valence-electron chi connectivity index (χ4n) is 10.7. The first-order chi connectivity index (χ1) is 35.1. The summed E-state index contributed by atoms with van der Waals surface area (Å²) in [6.07, 6.45) is 0. The predicted octanol–water partition coefficient (Wildman–Crippen LogP) is 18.2. The van der Waals surface area contributed by atoms with E-state index < -0.39 is 0 Å². The van der Waals surface area contributed by atoms with Crippen LogP contribution in [0.5, 0.6) is 0 Å². The molecule has 0 saturated heterocycles. The molecule has 3 aromatic heterocycles. The van der Waals surface area contributed by atoms with Crippen LogP contribution in [0.4, 0.5) is 0 Å². The van der Waals surface area contributed by atoms with Gasteiger partial charge in [0.15, 0.2) is 0 Å². The lowest BCUT2D eigenvalue weighted by Crippen LogP contribution is -1.98. The summed E-state index contributed by atoms with van der Waals surface area (Å²) in [7, 11) is 0. The van der Waals surface area contributed by atoms with Crippen LogP contribution in [0, 0.1) is 0 Å². The van der Waals surface area contributed by atoms with E-state index in [2.05, 4.69) is 265 Å². The van der Waals surface area contributed by atoms with Crippen LogP contribution in [0.1, 0.15) is 0 Å². The third-order valence-corrected chi connectivity index (χ3v) is 14.2. The number of rotatable bonds is 7. The molecule has 0 bridgehead atoms. The molecule has 0 aliphatic heterocycles. The zero-order valence-corrected chi connectivity index (χ0v) is 38.7. The van der Waals surface area contributed by atoms with Crippen LogP contribution >= 0.6 is 0 Å². The summed E-state index contributed by atoms with van der Waals surface area (Å²) in [6, 6.07) is 94.6. The molecule has 0 unspecified atom stereocenters. The summed E-state index contributed by atoms with van der Waals surface area (Å²) in [5.41, 5.74) is 15.7. The third-order valence-electron chi connectivity index (χ3n) is 14.2. The van der Waals surface area contributed by atoms with Gasteiger partial charge in [-0.25, -0.2) is 9.97 Å². The van der Waals surface area contributed by atoms with Crippen molar-refractivity contribution in [3.8, 4) is 73.0 Å². The smallest absolute Gasteiger partial charge is 0.0715 e. The number of hydrogen-bond acceptors (Lipinski definition) is 2. The number of benzene rings is 11. The highest BCUT2D eigenvalue weighted by atomic mass is 15.0. The summed E-state index contributed by atoms with van der Waals surface area (Å²) in [6.45, 7) is 0. The number of fused-ring (bicyclic) bond motifs is 7. The lowest BCUT2D eigenvalue weighted by atomic mass is 9.93. The van der Waals surface area contributed by atoms with E-state index in [4.69, 9.17) is 9.97 Å². The molecule has 0 aliphatic rings. The van der Waals surface area contributed by atoms with Gasteiger partial charge in [0.2, 0.25) is 0 Å². The minimum atomic E-state index is 0.918. The number of nitrogens with zero attached hydrogens (tertiary/aromatic N) is 3. The molecule has 3 heterocycles. The van der Waals surface area contributed by atoms with Crippen LogP contribution in [-0.4, -0.2) is 14.5 Å². The first-order valence-electron chi connectivity index (χ1n) is 24.3. The Kier molecular flexibility index (Phi) is 9.53. The summed E-state index contributed by atoms with van der Waals surface area (Å²) in [4.78, 5) is 10.8. The molecule has 14 aromatic rings. The van der Waals surface area contributed by atoms with E-state index in [1.54, 1.807) is 0 Å². The average molecular weight is 902 g/mol. The van der Waals surface area contributed by atoms with E-state index >= 15 is 0 Å². The van der Waals surface area contributed by atoms with Gasteiger partial charge < -0.3 is 4.57 Å². The van der Waals surface area contributed by atoms with Crippen molar-refractivity contribution >= 4 is 64.9 Å². The van der Waals surface area contributed by atoms with Crippen molar-refractivity contribution in [2.75, 3.05) is 0 Å². The molecule has 0 amide bonds. The molecule has 11 aromatic carbocycles. The van der Waals surface area contributed by atoms with E-state index in [-0.39, 0.29) is 0 Å². The Bertz CT molecular complexity index is 4120. The fraction of sp³-hybridized carbons (Fsp3) is 0. The van der Waals surface area contributed by atoms with Gasteiger partial charge in [0.25, 0.3) is 0 Å². The molecule has 0 atom stereocenters. The summed E-state index contributed by atoms with van der Waals surface area (Å²) in [5, 5.41) is 12.2.